The van der Waals surface area contributed by atoms with Crippen molar-refractivity contribution in [2.24, 2.45) is 4.99 Å². The molecule has 7 nitrogen and oxygen atoms in total. The molecule has 3 rings (SSSR count). The number of imidazole rings is 1. The molecule has 1 saturated heterocycles. The number of rotatable bonds is 9. The van der Waals surface area contributed by atoms with Crippen LogP contribution < -0.4 is 10.6 Å². The van der Waals surface area contributed by atoms with Crippen LogP contribution >= 0.6 is 24.0 Å². The van der Waals surface area contributed by atoms with Gasteiger partial charge in [-0.25, -0.2) is 9.98 Å². The second-order valence-corrected chi connectivity index (χ2v) is 7.01. The fourth-order valence-electron chi connectivity index (χ4n) is 3.35. The quantitative estimate of drug-likeness (QED) is 0.236. The van der Waals surface area contributed by atoms with Crippen molar-refractivity contribution in [3.63, 3.8) is 0 Å². The average Bonchev–Trinajstić information content (AvgIpc) is 3.35. The minimum atomic E-state index is 0. The molecule has 1 aromatic carbocycles. The predicted molar refractivity (Wildman–Crippen MR) is 126 cm³/mol. The summed E-state index contributed by atoms with van der Waals surface area (Å²) in [6.07, 6.45) is 8.22. The minimum Gasteiger partial charge on any atom is -0.357 e. The molecule has 0 aliphatic carbocycles. The van der Waals surface area contributed by atoms with Crippen LogP contribution in [-0.4, -0.2) is 52.5 Å². The first-order valence-corrected chi connectivity index (χ1v) is 10.1. The third-order valence-corrected chi connectivity index (χ3v) is 4.75. The van der Waals surface area contributed by atoms with Gasteiger partial charge in [0.2, 0.25) is 5.91 Å². The number of aliphatic imine (C=N–C) groups is 1. The topological polar surface area (TPSA) is 74.6 Å². The highest BCUT2D eigenvalue weighted by Gasteiger charge is 2.18. The van der Waals surface area contributed by atoms with Gasteiger partial charge in [-0.05, 0) is 30.9 Å². The highest BCUT2D eigenvalue weighted by Crippen LogP contribution is 2.10. The standard InChI is InChI=1S/C21H30N6O.HI/c1-2-23-21(24-9-5-12-27-11-4-8-20(27)28)25-15-18-6-3-7-19(14-18)16-26-13-10-22-17-26;/h3,6-7,10,13-14,17H,2,4-5,8-9,11-12,15-16H2,1H3,(H2,23,24,25);1H. The number of amides is 1. The van der Waals surface area contributed by atoms with Crippen LogP contribution in [0, 0.1) is 0 Å². The van der Waals surface area contributed by atoms with E-state index < -0.39 is 0 Å². The summed E-state index contributed by atoms with van der Waals surface area (Å²) in [5, 5.41) is 6.66. The summed E-state index contributed by atoms with van der Waals surface area (Å²) in [6.45, 7) is 6.84. The summed E-state index contributed by atoms with van der Waals surface area (Å²) in [7, 11) is 0. The number of benzene rings is 1. The van der Waals surface area contributed by atoms with Crippen molar-refractivity contribution in [2.75, 3.05) is 26.2 Å². The largest absolute Gasteiger partial charge is 0.357 e. The zero-order valence-electron chi connectivity index (χ0n) is 17.0. The summed E-state index contributed by atoms with van der Waals surface area (Å²) >= 11 is 0. The van der Waals surface area contributed by atoms with E-state index in [0.717, 1.165) is 51.5 Å². The lowest BCUT2D eigenvalue weighted by Crippen LogP contribution is -2.39. The Hall–Kier alpha value is -2.10. The Morgan fingerprint density at radius 1 is 1.28 bits per heavy atom. The van der Waals surface area contributed by atoms with E-state index in [9.17, 15) is 4.79 Å². The number of carbonyl (C=O) groups excluding carboxylic acids is 1. The van der Waals surface area contributed by atoms with Gasteiger partial charge >= 0.3 is 0 Å². The van der Waals surface area contributed by atoms with Gasteiger partial charge in [0.05, 0.1) is 12.9 Å². The molecule has 1 amide bonds. The molecule has 2 aromatic rings. The van der Waals surface area contributed by atoms with Crippen LogP contribution in [0.5, 0.6) is 0 Å². The second kappa shape index (κ2) is 12.5. The van der Waals surface area contributed by atoms with Gasteiger partial charge in [0.25, 0.3) is 0 Å². The average molecular weight is 510 g/mol. The van der Waals surface area contributed by atoms with Crippen molar-refractivity contribution in [1.29, 1.82) is 0 Å². The van der Waals surface area contributed by atoms with Gasteiger partial charge in [-0.15, -0.1) is 24.0 Å². The van der Waals surface area contributed by atoms with Crippen LogP contribution in [0.2, 0.25) is 0 Å². The summed E-state index contributed by atoms with van der Waals surface area (Å²) in [4.78, 5) is 22.4. The molecule has 158 valence electrons. The highest BCUT2D eigenvalue weighted by molar-refractivity contribution is 14.0. The normalized spacial score (nSPS) is 14.0. The zero-order valence-corrected chi connectivity index (χ0v) is 19.3. The van der Waals surface area contributed by atoms with Gasteiger partial charge in [-0.2, -0.15) is 0 Å². The zero-order chi connectivity index (χ0) is 19.6. The molecule has 0 radical (unpaired) electrons. The first-order valence-electron chi connectivity index (χ1n) is 10.1. The Morgan fingerprint density at radius 2 is 2.14 bits per heavy atom. The van der Waals surface area contributed by atoms with Crippen molar-refractivity contribution < 1.29 is 4.79 Å². The summed E-state index contributed by atoms with van der Waals surface area (Å²) in [5.74, 6) is 1.10. The molecule has 1 aliphatic heterocycles. The SMILES string of the molecule is CCNC(=NCc1cccc(Cn2ccnc2)c1)NCCCN1CCCC1=O.I. The molecule has 1 aromatic heterocycles. The summed E-state index contributed by atoms with van der Waals surface area (Å²) in [6, 6.07) is 8.48. The molecule has 0 unspecified atom stereocenters. The number of carbonyl (C=O) groups is 1. The van der Waals surface area contributed by atoms with Gasteiger partial charge in [-0.1, -0.05) is 24.3 Å². The number of nitrogens with zero attached hydrogens (tertiary/aromatic N) is 4. The number of halogens is 1. The van der Waals surface area contributed by atoms with Crippen molar-refractivity contribution in [1.82, 2.24) is 25.1 Å². The molecule has 0 bridgehead atoms. The molecule has 0 spiro atoms. The second-order valence-electron chi connectivity index (χ2n) is 7.01. The number of hydrogen-bond donors (Lipinski definition) is 2. The lowest BCUT2D eigenvalue weighted by Gasteiger charge is -2.16. The lowest BCUT2D eigenvalue weighted by atomic mass is 10.1. The van der Waals surface area contributed by atoms with E-state index in [-0.39, 0.29) is 29.9 Å². The van der Waals surface area contributed by atoms with E-state index in [0.29, 0.717) is 13.0 Å². The monoisotopic (exact) mass is 510 g/mol. The van der Waals surface area contributed by atoms with E-state index in [1.54, 1.807) is 6.20 Å². The smallest absolute Gasteiger partial charge is 0.222 e. The van der Waals surface area contributed by atoms with Crippen molar-refractivity contribution in [3.05, 3.63) is 54.1 Å². The van der Waals surface area contributed by atoms with Crippen LogP contribution in [0.3, 0.4) is 0 Å². The predicted octanol–water partition coefficient (Wildman–Crippen LogP) is 2.62. The van der Waals surface area contributed by atoms with Gasteiger partial charge in [-0.3, -0.25) is 4.79 Å². The minimum absolute atomic E-state index is 0. The molecule has 1 aliphatic rings. The number of guanidine groups is 1. The number of hydrogen-bond acceptors (Lipinski definition) is 3. The number of likely N-dealkylation sites (tertiary alicyclic amines) is 1. The van der Waals surface area contributed by atoms with E-state index in [1.165, 1.54) is 11.1 Å². The fourth-order valence-corrected chi connectivity index (χ4v) is 3.35. The lowest BCUT2D eigenvalue weighted by molar-refractivity contribution is -0.127. The molecule has 1 fully saturated rings. The molecule has 0 saturated carbocycles. The van der Waals surface area contributed by atoms with Gasteiger partial charge < -0.3 is 20.1 Å². The van der Waals surface area contributed by atoms with E-state index in [4.69, 9.17) is 4.99 Å². The number of aromatic nitrogens is 2. The molecule has 0 atom stereocenters. The molecule has 2 N–H and O–H groups in total. The van der Waals surface area contributed by atoms with E-state index in [2.05, 4.69) is 51.4 Å². The third-order valence-electron chi connectivity index (χ3n) is 4.75. The van der Waals surface area contributed by atoms with Crippen LogP contribution in [0.15, 0.2) is 48.0 Å². The van der Waals surface area contributed by atoms with Crippen LogP contribution in [0.25, 0.3) is 0 Å². The molecule has 2 heterocycles. The Bertz CT molecular complexity index is 777. The van der Waals surface area contributed by atoms with Crippen LogP contribution in [0.1, 0.15) is 37.3 Å². The molecular weight excluding hydrogens is 479 g/mol. The van der Waals surface area contributed by atoms with Crippen molar-refractivity contribution in [3.8, 4) is 0 Å². The molecule has 29 heavy (non-hydrogen) atoms. The highest BCUT2D eigenvalue weighted by atomic mass is 127. The van der Waals surface area contributed by atoms with Crippen molar-refractivity contribution in [2.45, 2.75) is 39.3 Å². The fraction of sp³-hybridized carbons (Fsp3) is 0.476. The van der Waals surface area contributed by atoms with Gasteiger partial charge in [0.15, 0.2) is 5.96 Å². The Labute approximate surface area is 190 Å². The van der Waals surface area contributed by atoms with Crippen LogP contribution in [0.4, 0.5) is 0 Å². The Morgan fingerprint density at radius 3 is 2.86 bits per heavy atom. The summed E-state index contributed by atoms with van der Waals surface area (Å²) < 4.78 is 2.05. The Kier molecular flexibility index (Phi) is 9.96. The molecular formula is C21H31IN6O. The first kappa shape index (κ1) is 23.2. The van der Waals surface area contributed by atoms with E-state index >= 15 is 0 Å². The summed E-state index contributed by atoms with van der Waals surface area (Å²) in [5.41, 5.74) is 2.41. The Balaban J connectivity index is 0.00000300. The first-order chi connectivity index (χ1) is 13.7. The number of nitrogens with one attached hydrogen (secondary N) is 2. The van der Waals surface area contributed by atoms with Gasteiger partial charge in [0, 0.05) is 51.5 Å². The maximum Gasteiger partial charge on any atom is 0.222 e. The molecule has 8 heteroatoms. The van der Waals surface area contributed by atoms with Gasteiger partial charge in [0.1, 0.15) is 0 Å². The van der Waals surface area contributed by atoms with Crippen molar-refractivity contribution >= 4 is 35.8 Å². The van der Waals surface area contributed by atoms with Crippen LogP contribution in [-0.2, 0) is 17.9 Å². The third kappa shape index (κ3) is 7.68. The van der Waals surface area contributed by atoms with E-state index in [1.807, 2.05) is 17.4 Å². The maximum atomic E-state index is 11.7. The maximum absolute atomic E-state index is 11.7.